The van der Waals surface area contributed by atoms with Gasteiger partial charge in [0.2, 0.25) is 0 Å². The van der Waals surface area contributed by atoms with Crippen LogP contribution in [0.1, 0.15) is 16.7 Å². The van der Waals surface area contributed by atoms with Crippen LogP contribution < -0.4 is 0 Å². The summed E-state index contributed by atoms with van der Waals surface area (Å²) in [5.41, 5.74) is 3.56. The van der Waals surface area contributed by atoms with E-state index >= 15 is 0 Å². The van der Waals surface area contributed by atoms with E-state index in [9.17, 15) is 5.11 Å². The topological polar surface area (TPSA) is 114 Å². The molecule has 1 heterocycles. The summed E-state index contributed by atoms with van der Waals surface area (Å²) in [5, 5.41) is 29.1. The molecule has 8 nitrogen and oxygen atoms in total. The Hall–Kier alpha value is -3.24. The van der Waals surface area contributed by atoms with E-state index in [2.05, 4.69) is 0 Å². The van der Waals surface area contributed by atoms with Gasteiger partial charge < -0.3 is 28.8 Å². The van der Waals surface area contributed by atoms with Crippen molar-refractivity contribution in [3.8, 4) is 17.9 Å². The van der Waals surface area contributed by atoms with Crippen molar-refractivity contribution in [2.75, 3.05) is 52.9 Å². The van der Waals surface area contributed by atoms with Crippen LogP contribution in [0.15, 0.2) is 53.7 Å². The van der Waals surface area contributed by atoms with Crippen LogP contribution in [-0.4, -0.2) is 58.0 Å². The summed E-state index contributed by atoms with van der Waals surface area (Å²) in [6.45, 7) is 3.94. The number of rotatable bonds is 1. The third kappa shape index (κ3) is 7.67. The molecular formula is C26H28N2O6. The van der Waals surface area contributed by atoms with Crippen molar-refractivity contribution in [2.45, 2.75) is 13.2 Å². The van der Waals surface area contributed by atoms with Gasteiger partial charge in [0, 0.05) is 16.7 Å². The molecular weight excluding hydrogens is 436 g/mol. The fourth-order valence-corrected chi connectivity index (χ4v) is 3.35. The van der Waals surface area contributed by atoms with Crippen LogP contribution in [0.2, 0.25) is 0 Å². The molecule has 0 amide bonds. The first-order chi connectivity index (χ1) is 16.7. The number of hydrogen-bond acceptors (Lipinski definition) is 8. The Morgan fingerprint density at radius 2 is 1.21 bits per heavy atom. The number of benzene rings is 1. The van der Waals surface area contributed by atoms with Crippen molar-refractivity contribution in [1.29, 1.82) is 10.5 Å². The van der Waals surface area contributed by atoms with Crippen molar-refractivity contribution in [1.82, 2.24) is 0 Å². The molecule has 1 N–H and O–H groups in total. The minimum atomic E-state index is 0.0479. The SMILES string of the molecule is N#CC(C#N)=C1C=CC=C(c2cc3c(O)c(c2)COCCOCCOCCOCCOC3)C=C1. The van der Waals surface area contributed by atoms with Crippen LogP contribution in [0.25, 0.3) is 5.57 Å². The molecule has 0 saturated heterocycles. The second kappa shape index (κ2) is 14.1. The number of nitriles is 2. The van der Waals surface area contributed by atoms with E-state index in [-0.39, 0.29) is 24.5 Å². The van der Waals surface area contributed by atoms with Crippen LogP contribution >= 0.6 is 0 Å². The van der Waals surface area contributed by atoms with Gasteiger partial charge in [-0.25, -0.2) is 0 Å². The largest absolute Gasteiger partial charge is 0.507 e. The van der Waals surface area contributed by atoms with E-state index in [0.29, 0.717) is 69.6 Å². The zero-order chi connectivity index (χ0) is 24.0. The predicted molar refractivity (Wildman–Crippen MR) is 124 cm³/mol. The normalized spacial score (nSPS) is 18.5. The van der Waals surface area contributed by atoms with Crippen molar-refractivity contribution in [3.63, 3.8) is 0 Å². The molecule has 0 spiro atoms. The Morgan fingerprint density at radius 1 is 0.706 bits per heavy atom. The van der Waals surface area contributed by atoms with Gasteiger partial charge in [0.05, 0.1) is 66.1 Å². The quantitative estimate of drug-likeness (QED) is 0.630. The third-order valence-corrected chi connectivity index (χ3v) is 5.11. The highest BCUT2D eigenvalue weighted by Gasteiger charge is 2.13. The van der Waals surface area contributed by atoms with Crippen LogP contribution in [0.5, 0.6) is 5.75 Å². The summed E-state index contributed by atoms with van der Waals surface area (Å²) in [4.78, 5) is 0. The minimum absolute atomic E-state index is 0.0479. The molecule has 1 aliphatic carbocycles. The lowest BCUT2D eigenvalue weighted by Crippen LogP contribution is -2.13. The van der Waals surface area contributed by atoms with Gasteiger partial charge in [0.1, 0.15) is 23.5 Å². The Labute approximate surface area is 199 Å². The van der Waals surface area contributed by atoms with Gasteiger partial charge in [0.25, 0.3) is 0 Å². The molecule has 1 aromatic rings. The number of hydrogen-bond donors (Lipinski definition) is 1. The summed E-state index contributed by atoms with van der Waals surface area (Å²) < 4.78 is 27.9. The van der Waals surface area contributed by atoms with E-state index in [1.54, 1.807) is 18.2 Å². The van der Waals surface area contributed by atoms with Gasteiger partial charge in [-0.3, -0.25) is 0 Å². The maximum atomic E-state index is 10.8. The number of aromatic hydroxyl groups is 1. The van der Waals surface area contributed by atoms with E-state index in [1.165, 1.54) is 0 Å². The minimum Gasteiger partial charge on any atom is -0.507 e. The van der Waals surface area contributed by atoms with Gasteiger partial charge in [-0.1, -0.05) is 30.4 Å². The fourth-order valence-electron chi connectivity index (χ4n) is 3.35. The third-order valence-electron chi connectivity index (χ3n) is 5.11. The standard InChI is InChI=1S/C26H28N2O6/c27-16-25(17-28)21-3-1-2-20(4-5-21)22-14-23-18-33-12-10-31-8-6-30-7-9-32-11-13-34-19-24(15-22)26(23)29/h1-5,14-15,29H,6-13,18-19H2. The molecule has 2 bridgehead atoms. The molecule has 34 heavy (non-hydrogen) atoms. The lowest BCUT2D eigenvalue weighted by molar-refractivity contribution is -0.0148. The van der Waals surface area contributed by atoms with E-state index in [1.807, 2.05) is 36.4 Å². The Kier molecular flexibility index (Phi) is 10.5. The molecule has 0 unspecified atom stereocenters. The van der Waals surface area contributed by atoms with Crippen LogP contribution in [-0.2, 0) is 36.9 Å². The summed E-state index contributed by atoms with van der Waals surface area (Å²) in [5.74, 6) is 0.130. The second-order valence-corrected chi connectivity index (χ2v) is 7.45. The Bertz CT molecular complexity index is 989. The molecule has 3 rings (SSSR count). The van der Waals surface area contributed by atoms with Gasteiger partial charge in [-0.15, -0.1) is 0 Å². The molecule has 1 aliphatic heterocycles. The first kappa shape index (κ1) is 25.4. The van der Waals surface area contributed by atoms with Crippen LogP contribution in [0, 0.1) is 22.7 Å². The zero-order valence-electron chi connectivity index (χ0n) is 19.0. The lowest BCUT2D eigenvalue weighted by Gasteiger charge is -2.15. The van der Waals surface area contributed by atoms with Crippen LogP contribution in [0.4, 0.5) is 0 Å². The molecule has 0 aromatic heterocycles. The van der Waals surface area contributed by atoms with Crippen molar-refractivity contribution < 1.29 is 28.8 Å². The highest BCUT2D eigenvalue weighted by molar-refractivity contribution is 5.79. The number of nitrogens with zero attached hydrogens (tertiary/aromatic N) is 2. The summed E-state index contributed by atoms with van der Waals surface area (Å²) in [6.07, 6.45) is 8.98. The van der Waals surface area contributed by atoms with E-state index < -0.39 is 0 Å². The maximum Gasteiger partial charge on any atom is 0.136 e. The van der Waals surface area contributed by atoms with Crippen LogP contribution in [0.3, 0.4) is 0 Å². The summed E-state index contributed by atoms with van der Waals surface area (Å²) in [6, 6.07) is 7.55. The highest BCUT2D eigenvalue weighted by atomic mass is 16.6. The fraction of sp³-hybridized carbons (Fsp3) is 0.385. The number of ether oxygens (including phenoxy) is 5. The van der Waals surface area contributed by atoms with Crippen molar-refractivity contribution in [2.24, 2.45) is 0 Å². The number of phenolic OH excluding ortho intramolecular Hbond substituents is 1. The zero-order valence-corrected chi connectivity index (χ0v) is 19.0. The second-order valence-electron chi connectivity index (χ2n) is 7.45. The van der Waals surface area contributed by atoms with Gasteiger partial charge in [-0.05, 0) is 23.3 Å². The molecule has 8 heteroatoms. The highest BCUT2D eigenvalue weighted by Crippen LogP contribution is 2.31. The first-order valence-electron chi connectivity index (χ1n) is 11.1. The van der Waals surface area contributed by atoms with E-state index in [4.69, 9.17) is 34.2 Å². The molecule has 2 aliphatic rings. The first-order valence-corrected chi connectivity index (χ1v) is 11.1. The molecule has 1 aromatic carbocycles. The van der Waals surface area contributed by atoms with Gasteiger partial charge in [-0.2, -0.15) is 10.5 Å². The summed E-state index contributed by atoms with van der Waals surface area (Å²) in [7, 11) is 0. The number of fused-ring (bicyclic) bond motifs is 2. The van der Waals surface area contributed by atoms with Gasteiger partial charge in [0.15, 0.2) is 0 Å². The molecule has 0 atom stereocenters. The lowest BCUT2D eigenvalue weighted by atomic mass is 9.98. The summed E-state index contributed by atoms with van der Waals surface area (Å²) >= 11 is 0. The van der Waals surface area contributed by atoms with E-state index in [0.717, 1.165) is 11.1 Å². The molecule has 178 valence electrons. The average Bonchev–Trinajstić information content (AvgIpc) is 3.10. The number of allylic oxidation sites excluding steroid dienone is 8. The average molecular weight is 465 g/mol. The Morgan fingerprint density at radius 3 is 1.71 bits per heavy atom. The van der Waals surface area contributed by atoms with Crippen molar-refractivity contribution in [3.05, 3.63) is 70.3 Å². The molecule has 0 saturated carbocycles. The monoisotopic (exact) mass is 464 g/mol. The maximum absolute atomic E-state index is 10.8. The Balaban J connectivity index is 1.83. The smallest absolute Gasteiger partial charge is 0.136 e. The number of phenols is 1. The predicted octanol–water partition coefficient (Wildman–Crippen LogP) is 3.34. The molecule has 0 fully saturated rings. The van der Waals surface area contributed by atoms with Crippen molar-refractivity contribution >= 4 is 5.57 Å². The molecule has 0 radical (unpaired) electrons. The van der Waals surface area contributed by atoms with Gasteiger partial charge >= 0.3 is 0 Å².